The molecule has 1 heteroatoms. The van der Waals surface area contributed by atoms with Crippen molar-refractivity contribution in [3.63, 3.8) is 0 Å². The summed E-state index contributed by atoms with van der Waals surface area (Å²) < 4.78 is 0. The summed E-state index contributed by atoms with van der Waals surface area (Å²) in [6.45, 7) is 9.14. The van der Waals surface area contributed by atoms with Crippen molar-refractivity contribution in [2.24, 2.45) is 0 Å². The monoisotopic (exact) mass is 591 g/mol. The third-order valence-electron chi connectivity index (χ3n) is 9.70. The van der Waals surface area contributed by atoms with Crippen molar-refractivity contribution in [2.45, 2.75) is 33.1 Å². The van der Waals surface area contributed by atoms with Crippen LogP contribution in [-0.2, 0) is 5.41 Å². The average Bonchev–Trinajstić information content (AvgIpc) is 3.31. The topological polar surface area (TPSA) is 3.24 Å². The SMILES string of the molecule is Cc1cc(C)cc(N(c2ccc(-c3ccccc3-c3ccccc3)cc2)c2c3c(cc4ccccc24)C(C)(C)c2ccccc2-3)c1. The lowest BCUT2D eigenvalue weighted by atomic mass is 9.81. The minimum absolute atomic E-state index is 0.107. The standard InChI is InChI=1S/C45H37N/c1-30-26-31(2)28-36(27-30)46(35-24-22-33(23-25-35)38-18-11-10-17-37(38)32-14-6-5-7-15-32)44-39-19-9-8-16-34(39)29-42-43(44)40-20-12-13-21-41(40)45(42,3)4/h5-29H,1-4H3. The van der Waals surface area contributed by atoms with Crippen molar-refractivity contribution in [1.82, 2.24) is 0 Å². The molecule has 222 valence electrons. The molecular formula is C45H37N. The van der Waals surface area contributed by atoms with E-state index in [9.17, 15) is 0 Å². The van der Waals surface area contributed by atoms with Gasteiger partial charge in [-0.15, -0.1) is 0 Å². The van der Waals surface area contributed by atoms with Gasteiger partial charge in [0.2, 0.25) is 0 Å². The summed E-state index contributed by atoms with van der Waals surface area (Å²) in [6, 6.07) is 55.8. The normalized spacial score (nSPS) is 13.0. The van der Waals surface area contributed by atoms with Gasteiger partial charge in [-0.2, -0.15) is 0 Å². The quantitative estimate of drug-likeness (QED) is 0.192. The summed E-state index contributed by atoms with van der Waals surface area (Å²) in [5.41, 5.74) is 16.3. The molecule has 0 aromatic heterocycles. The lowest BCUT2D eigenvalue weighted by Gasteiger charge is -2.31. The number of hydrogen-bond donors (Lipinski definition) is 0. The van der Waals surface area contributed by atoms with E-state index >= 15 is 0 Å². The smallest absolute Gasteiger partial charge is 0.0621 e. The molecule has 7 aromatic carbocycles. The third-order valence-corrected chi connectivity index (χ3v) is 9.70. The first-order chi connectivity index (χ1) is 22.4. The van der Waals surface area contributed by atoms with Gasteiger partial charge in [-0.25, -0.2) is 0 Å². The summed E-state index contributed by atoms with van der Waals surface area (Å²) in [7, 11) is 0. The van der Waals surface area contributed by atoms with Crippen molar-refractivity contribution in [3.05, 3.63) is 174 Å². The Hall–Kier alpha value is -5.40. The highest BCUT2D eigenvalue weighted by Crippen LogP contribution is 2.56. The molecule has 0 saturated carbocycles. The number of anilines is 3. The Bertz CT molecular complexity index is 2220. The van der Waals surface area contributed by atoms with Gasteiger partial charge in [0.25, 0.3) is 0 Å². The van der Waals surface area contributed by atoms with Gasteiger partial charge in [0.15, 0.2) is 0 Å². The van der Waals surface area contributed by atoms with E-state index in [1.165, 1.54) is 77.8 Å². The summed E-state index contributed by atoms with van der Waals surface area (Å²) in [6.07, 6.45) is 0. The van der Waals surface area contributed by atoms with Crippen LogP contribution < -0.4 is 4.90 Å². The Labute approximate surface area is 272 Å². The van der Waals surface area contributed by atoms with Crippen molar-refractivity contribution in [2.75, 3.05) is 4.90 Å². The van der Waals surface area contributed by atoms with Gasteiger partial charge in [0.05, 0.1) is 5.69 Å². The molecule has 0 amide bonds. The van der Waals surface area contributed by atoms with Crippen LogP contribution in [-0.4, -0.2) is 0 Å². The van der Waals surface area contributed by atoms with Gasteiger partial charge in [-0.05, 0) is 99.6 Å². The Balaban J connectivity index is 1.39. The maximum Gasteiger partial charge on any atom is 0.0621 e. The first kappa shape index (κ1) is 28.1. The molecule has 0 N–H and O–H groups in total. The van der Waals surface area contributed by atoms with Gasteiger partial charge in [-0.1, -0.05) is 135 Å². The second-order valence-electron chi connectivity index (χ2n) is 13.2. The second kappa shape index (κ2) is 10.9. The zero-order valence-electron chi connectivity index (χ0n) is 26.9. The predicted octanol–water partition coefficient (Wildman–Crippen LogP) is 12.6. The highest BCUT2D eigenvalue weighted by atomic mass is 15.1. The maximum atomic E-state index is 2.51. The molecule has 1 nitrogen and oxygen atoms in total. The van der Waals surface area contributed by atoms with E-state index in [0.717, 1.165) is 5.69 Å². The van der Waals surface area contributed by atoms with Gasteiger partial charge < -0.3 is 4.90 Å². The lowest BCUT2D eigenvalue weighted by Crippen LogP contribution is -2.16. The van der Waals surface area contributed by atoms with E-state index in [2.05, 4.69) is 184 Å². The van der Waals surface area contributed by atoms with E-state index in [1.54, 1.807) is 0 Å². The fourth-order valence-electron chi connectivity index (χ4n) is 7.60. The van der Waals surface area contributed by atoms with Gasteiger partial charge in [0, 0.05) is 27.7 Å². The molecule has 0 fully saturated rings. The summed E-state index contributed by atoms with van der Waals surface area (Å²) >= 11 is 0. The van der Waals surface area contributed by atoms with Gasteiger partial charge >= 0.3 is 0 Å². The highest BCUT2D eigenvalue weighted by Gasteiger charge is 2.39. The molecule has 1 aliphatic carbocycles. The van der Waals surface area contributed by atoms with Crippen molar-refractivity contribution < 1.29 is 0 Å². The minimum atomic E-state index is -0.107. The summed E-state index contributed by atoms with van der Waals surface area (Å²) in [4.78, 5) is 2.51. The van der Waals surface area contributed by atoms with Crippen LogP contribution in [0.2, 0.25) is 0 Å². The molecule has 0 bridgehead atoms. The van der Waals surface area contributed by atoms with E-state index in [-0.39, 0.29) is 5.41 Å². The fraction of sp³-hybridized carbons (Fsp3) is 0.111. The van der Waals surface area contributed by atoms with Crippen LogP contribution in [0.3, 0.4) is 0 Å². The molecule has 0 aliphatic heterocycles. The molecule has 0 atom stereocenters. The molecular weight excluding hydrogens is 555 g/mol. The Morgan fingerprint density at radius 3 is 1.72 bits per heavy atom. The van der Waals surface area contributed by atoms with Crippen LogP contribution in [0, 0.1) is 13.8 Å². The second-order valence-corrected chi connectivity index (χ2v) is 13.2. The number of aryl methyl sites for hydroxylation is 2. The Morgan fingerprint density at radius 2 is 1.02 bits per heavy atom. The Morgan fingerprint density at radius 1 is 0.457 bits per heavy atom. The van der Waals surface area contributed by atoms with E-state index in [4.69, 9.17) is 0 Å². The van der Waals surface area contributed by atoms with Crippen LogP contribution in [0.1, 0.15) is 36.1 Å². The van der Waals surface area contributed by atoms with Gasteiger partial charge in [0.1, 0.15) is 0 Å². The van der Waals surface area contributed by atoms with E-state index < -0.39 is 0 Å². The number of fused-ring (bicyclic) bond motifs is 4. The summed E-state index contributed by atoms with van der Waals surface area (Å²) in [5, 5.41) is 2.52. The van der Waals surface area contributed by atoms with E-state index in [0.29, 0.717) is 0 Å². The number of benzene rings is 7. The number of rotatable bonds is 5. The van der Waals surface area contributed by atoms with Crippen molar-refractivity contribution in [1.29, 1.82) is 0 Å². The van der Waals surface area contributed by atoms with Crippen LogP contribution in [0.25, 0.3) is 44.2 Å². The van der Waals surface area contributed by atoms with Crippen molar-refractivity contribution >= 4 is 27.8 Å². The van der Waals surface area contributed by atoms with Gasteiger partial charge in [-0.3, -0.25) is 0 Å². The zero-order valence-corrected chi connectivity index (χ0v) is 26.9. The predicted molar refractivity (Wildman–Crippen MR) is 197 cm³/mol. The third kappa shape index (κ3) is 4.54. The minimum Gasteiger partial charge on any atom is -0.309 e. The van der Waals surface area contributed by atoms with Crippen LogP contribution >= 0.6 is 0 Å². The first-order valence-electron chi connectivity index (χ1n) is 16.2. The number of hydrogen-bond acceptors (Lipinski definition) is 1. The lowest BCUT2D eigenvalue weighted by molar-refractivity contribution is 0.661. The molecule has 0 radical (unpaired) electrons. The molecule has 8 rings (SSSR count). The van der Waals surface area contributed by atoms with Crippen molar-refractivity contribution in [3.8, 4) is 33.4 Å². The first-order valence-corrected chi connectivity index (χ1v) is 16.2. The molecule has 0 spiro atoms. The average molecular weight is 592 g/mol. The van der Waals surface area contributed by atoms with E-state index in [1.807, 2.05) is 0 Å². The molecule has 1 aliphatic rings. The summed E-state index contributed by atoms with van der Waals surface area (Å²) in [5.74, 6) is 0. The largest absolute Gasteiger partial charge is 0.309 e. The molecule has 0 heterocycles. The molecule has 7 aromatic rings. The molecule has 0 saturated heterocycles. The molecule has 46 heavy (non-hydrogen) atoms. The fourth-order valence-corrected chi connectivity index (χ4v) is 7.60. The van der Waals surface area contributed by atoms with Crippen LogP contribution in [0.4, 0.5) is 17.1 Å². The maximum absolute atomic E-state index is 2.51. The molecule has 0 unspecified atom stereocenters. The van der Waals surface area contributed by atoms with Crippen LogP contribution in [0.15, 0.2) is 152 Å². The van der Waals surface area contributed by atoms with Crippen LogP contribution in [0.5, 0.6) is 0 Å². The zero-order chi connectivity index (χ0) is 31.4. The Kier molecular flexibility index (Phi) is 6.65. The number of nitrogens with zero attached hydrogens (tertiary/aromatic N) is 1. The highest BCUT2D eigenvalue weighted by molar-refractivity contribution is 6.09.